The van der Waals surface area contributed by atoms with Gasteiger partial charge in [-0.3, -0.25) is 14.4 Å². The minimum absolute atomic E-state index is 0.0815. The SMILES string of the molecule is COc1cc(F)c(OC2CCC(CO)(C(=O)O)CC2)cc1C(=O)NC1[C@H]2CC[C@H](C2)[C@H]1C(=O)Nc1cccc(S(=O)(=O)C(F)(F)F)c1. The predicted molar refractivity (Wildman–Crippen MR) is 157 cm³/mol. The van der Waals surface area contributed by atoms with Crippen LogP contribution >= 0.6 is 0 Å². The maximum Gasteiger partial charge on any atom is 0.501 e. The van der Waals surface area contributed by atoms with Crippen molar-refractivity contribution in [1.29, 1.82) is 0 Å². The summed E-state index contributed by atoms with van der Waals surface area (Å²) in [4.78, 5) is 37.7. The van der Waals surface area contributed by atoms with Crippen LogP contribution < -0.4 is 20.1 Å². The Bertz CT molecular complexity index is 1660. The molecule has 11 nitrogen and oxygen atoms in total. The average molecular weight is 687 g/mol. The van der Waals surface area contributed by atoms with Gasteiger partial charge in [-0.15, -0.1) is 0 Å². The van der Waals surface area contributed by atoms with Gasteiger partial charge in [0.25, 0.3) is 15.7 Å². The smallest absolute Gasteiger partial charge is 0.496 e. The van der Waals surface area contributed by atoms with Gasteiger partial charge in [0.15, 0.2) is 11.6 Å². The summed E-state index contributed by atoms with van der Waals surface area (Å²) in [5.41, 5.74) is -7.06. The van der Waals surface area contributed by atoms with Gasteiger partial charge in [0.2, 0.25) is 5.91 Å². The molecule has 3 fully saturated rings. The molecule has 4 N–H and O–H groups in total. The number of aliphatic hydroxyl groups excluding tert-OH is 1. The monoisotopic (exact) mass is 686 g/mol. The Kier molecular flexibility index (Phi) is 9.48. The second-order valence-electron chi connectivity index (χ2n) is 12.4. The molecule has 3 aliphatic rings. The number of hydrogen-bond donors (Lipinski definition) is 4. The van der Waals surface area contributed by atoms with E-state index >= 15 is 4.39 Å². The molecule has 5 rings (SSSR count). The van der Waals surface area contributed by atoms with E-state index in [0.29, 0.717) is 19.3 Å². The van der Waals surface area contributed by atoms with Crippen molar-refractivity contribution >= 4 is 33.3 Å². The lowest BCUT2D eigenvalue weighted by Crippen LogP contribution is -2.48. The van der Waals surface area contributed by atoms with E-state index in [1.165, 1.54) is 19.2 Å². The second kappa shape index (κ2) is 12.9. The van der Waals surface area contributed by atoms with Gasteiger partial charge in [0.05, 0.1) is 41.6 Å². The first-order valence-electron chi connectivity index (χ1n) is 15.0. The maximum absolute atomic E-state index is 15.0. The number of carboxylic acids is 1. The molecule has 0 aromatic heterocycles. The van der Waals surface area contributed by atoms with Crippen LogP contribution in [0.15, 0.2) is 41.3 Å². The number of anilines is 1. The molecule has 3 aliphatic carbocycles. The fraction of sp³-hybridized carbons (Fsp3) is 0.516. The number of carboxylic acid groups (broad SMARTS) is 1. The summed E-state index contributed by atoms with van der Waals surface area (Å²) in [7, 11) is -4.40. The van der Waals surface area contributed by atoms with E-state index in [-0.39, 0.29) is 60.3 Å². The number of sulfone groups is 1. The molecule has 2 aromatic carbocycles. The number of carbonyl (C=O) groups is 3. The molecule has 2 amide bonds. The van der Waals surface area contributed by atoms with Crippen molar-refractivity contribution in [3.8, 4) is 11.5 Å². The summed E-state index contributed by atoms with van der Waals surface area (Å²) < 4.78 is 89.1. The van der Waals surface area contributed by atoms with Crippen molar-refractivity contribution in [3.63, 3.8) is 0 Å². The van der Waals surface area contributed by atoms with Gasteiger partial charge >= 0.3 is 11.5 Å². The lowest BCUT2D eigenvalue weighted by molar-refractivity contribution is -0.155. The number of hydrogen-bond acceptors (Lipinski definition) is 8. The third kappa shape index (κ3) is 6.62. The van der Waals surface area contributed by atoms with Crippen molar-refractivity contribution in [1.82, 2.24) is 5.32 Å². The van der Waals surface area contributed by atoms with Gasteiger partial charge in [-0.25, -0.2) is 12.8 Å². The number of alkyl halides is 3. The summed E-state index contributed by atoms with van der Waals surface area (Å²) >= 11 is 0. The predicted octanol–water partition coefficient (Wildman–Crippen LogP) is 4.30. The Labute approximate surface area is 267 Å². The highest BCUT2D eigenvalue weighted by Crippen LogP contribution is 2.49. The number of aliphatic hydroxyl groups is 1. The van der Waals surface area contributed by atoms with Crippen molar-refractivity contribution < 1.29 is 60.0 Å². The standard InChI is InChI=1S/C31H34F4N2O9S/c1-45-23-14-22(32)24(46-19-7-9-30(15-38,10-8-19)29(41)42)13-21(23)27(39)37-26-17-6-5-16(11-17)25(26)28(40)36-18-3-2-4-20(12-18)47(43,44)31(33,34)35/h2-4,12-14,16-17,19,25-26,38H,5-11,15H2,1H3,(H,36,40)(H,37,39)(H,41,42)/t16-,17+,19?,25-,26?,30?/m1/s1. The van der Waals surface area contributed by atoms with Crippen molar-refractivity contribution in [2.45, 2.75) is 67.5 Å². The highest BCUT2D eigenvalue weighted by Gasteiger charge is 2.52. The maximum atomic E-state index is 15.0. The largest absolute Gasteiger partial charge is 0.501 e. The molecule has 0 heterocycles. The van der Waals surface area contributed by atoms with Crippen LogP contribution in [0.4, 0.5) is 23.2 Å². The molecule has 0 aliphatic heterocycles. The number of benzene rings is 2. The van der Waals surface area contributed by atoms with Gasteiger partial charge in [-0.1, -0.05) is 6.07 Å². The van der Waals surface area contributed by atoms with Crippen LogP contribution in [0, 0.1) is 29.0 Å². The number of aliphatic carboxylic acids is 1. The second-order valence-corrected chi connectivity index (χ2v) is 14.3. The van der Waals surface area contributed by atoms with E-state index < -0.39 is 73.9 Å². The van der Waals surface area contributed by atoms with Gasteiger partial charge < -0.3 is 30.3 Å². The van der Waals surface area contributed by atoms with E-state index in [2.05, 4.69) is 10.6 Å². The Morgan fingerprint density at radius 2 is 1.70 bits per heavy atom. The number of rotatable bonds is 10. The zero-order valence-corrected chi connectivity index (χ0v) is 26.0. The first kappa shape index (κ1) is 34.4. The Morgan fingerprint density at radius 3 is 2.32 bits per heavy atom. The molecule has 2 aromatic rings. The van der Waals surface area contributed by atoms with Gasteiger partial charge in [-0.2, -0.15) is 13.2 Å². The van der Waals surface area contributed by atoms with Gasteiger partial charge in [0, 0.05) is 17.8 Å². The minimum atomic E-state index is -5.64. The molecule has 16 heteroatoms. The van der Waals surface area contributed by atoms with E-state index in [1.54, 1.807) is 0 Å². The minimum Gasteiger partial charge on any atom is -0.496 e. The van der Waals surface area contributed by atoms with Crippen molar-refractivity contribution in [2.24, 2.45) is 23.2 Å². The first-order chi connectivity index (χ1) is 22.1. The highest BCUT2D eigenvalue weighted by atomic mass is 32.2. The summed E-state index contributed by atoms with van der Waals surface area (Å²) in [5.74, 6) is -4.62. The van der Waals surface area contributed by atoms with Crippen LogP contribution in [0.5, 0.6) is 11.5 Å². The van der Waals surface area contributed by atoms with E-state index in [0.717, 1.165) is 24.3 Å². The number of ether oxygens (including phenoxy) is 2. The first-order valence-corrected chi connectivity index (χ1v) is 16.5. The number of carbonyl (C=O) groups excluding carboxylic acids is 2. The van der Waals surface area contributed by atoms with Crippen LogP contribution in [-0.4, -0.2) is 67.8 Å². The van der Waals surface area contributed by atoms with Crippen LogP contribution in [0.2, 0.25) is 0 Å². The molecule has 2 bridgehead atoms. The number of nitrogens with one attached hydrogen (secondary N) is 2. The lowest BCUT2D eigenvalue weighted by Gasteiger charge is -2.35. The molecule has 47 heavy (non-hydrogen) atoms. The quantitative estimate of drug-likeness (QED) is 0.267. The highest BCUT2D eigenvalue weighted by molar-refractivity contribution is 7.92. The fourth-order valence-electron chi connectivity index (χ4n) is 7.06. The number of halogens is 4. The summed E-state index contributed by atoms with van der Waals surface area (Å²) in [6.45, 7) is -0.537. The van der Waals surface area contributed by atoms with Crippen LogP contribution in [0.1, 0.15) is 55.3 Å². The molecule has 1 unspecified atom stereocenters. The van der Waals surface area contributed by atoms with E-state index in [1.807, 2.05) is 0 Å². The van der Waals surface area contributed by atoms with E-state index in [4.69, 9.17) is 9.47 Å². The molecule has 4 atom stereocenters. The summed E-state index contributed by atoms with van der Waals surface area (Å²) in [5, 5.41) is 24.5. The molecular weight excluding hydrogens is 652 g/mol. The third-order valence-corrected chi connectivity index (χ3v) is 11.2. The van der Waals surface area contributed by atoms with Crippen LogP contribution in [0.25, 0.3) is 0 Å². The van der Waals surface area contributed by atoms with Crippen LogP contribution in [-0.2, 0) is 19.4 Å². The summed E-state index contributed by atoms with van der Waals surface area (Å²) in [6.07, 6.45) is 2.11. The normalized spacial score (nSPS) is 27.2. The topological polar surface area (TPSA) is 168 Å². The molecule has 3 saturated carbocycles. The molecule has 0 spiro atoms. The zero-order valence-electron chi connectivity index (χ0n) is 25.2. The molecular formula is C31H34F4N2O9S. The lowest BCUT2D eigenvalue weighted by atomic mass is 9.74. The number of fused-ring (bicyclic) bond motifs is 2. The third-order valence-electron chi connectivity index (χ3n) is 9.67. The molecule has 256 valence electrons. The number of methoxy groups -OCH3 is 1. The molecule has 0 radical (unpaired) electrons. The van der Waals surface area contributed by atoms with E-state index in [9.17, 15) is 46.2 Å². The van der Waals surface area contributed by atoms with Gasteiger partial charge in [-0.05, 0) is 81.0 Å². The fourth-order valence-corrected chi connectivity index (χ4v) is 7.87. The van der Waals surface area contributed by atoms with Crippen LogP contribution in [0.3, 0.4) is 0 Å². The zero-order chi connectivity index (χ0) is 34.3. The Balaban J connectivity index is 1.32. The Hall–Kier alpha value is -3.92. The van der Waals surface area contributed by atoms with Crippen molar-refractivity contribution in [2.75, 3.05) is 19.0 Å². The summed E-state index contributed by atoms with van der Waals surface area (Å²) in [6, 6.07) is 5.31. The molecule has 0 saturated heterocycles. The van der Waals surface area contributed by atoms with Gasteiger partial charge in [0.1, 0.15) is 5.75 Å². The average Bonchev–Trinajstić information content (AvgIpc) is 3.64. The number of amides is 2. The van der Waals surface area contributed by atoms with Crippen molar-refractivity contribution in [3.05, 3.63) is 47.8 Å². The Morgan fingerprint density at radius 1 is 1.02 bits per heavy atom.